The summed E-state index contributed by atoms with van der Waals surface area (Å²) in [5.41, 5.74) is 6.18. The Balaban J connectivity index is 0.00000289. The zero-order valence-electron chi connectivity index (χ0n) is 21.1. The molecule has 6 heteroatoms. The van der Waals surface area contributed by atoms with E-state index in [1.54, 1.807) is 17.8 Å². The third kappa shape index (κ3) is 4.83. The zero-order valence-corrected chi connectivity index (χ0v) is 24.2. The Bertz CT molecular complexity index is 1960. The summed E-state index contributed by atoms with van der Waals surface area (Å²) in [6, 6.07) is 45.4. The van der Waals surface area contributed by atoms with Crippen molar-refractivity contribution >= 4 is 33.7 Å². The number of fused-ring (bicyclic) bond motifs is 3. The van der Waals surface area contributed by atoms with E-state index in [2.05, 4.69) is 48.5 Å². The minimum atomic E-state index is 0. The predicted octanol–water partition coefficient (Wildman–Crippen LogP) is 8.56. The molecule has 3 heterocycles. The molecule has 3 aromatic heterocycles. The molecule has 1 N–H and O–H groups in total. The monoisotopic (exact) mass is 715 g/mol. The molecule has 0 fully saturated rings. The second-order valence-electron chi connectivity index (χ2n) is 9.18. The van der Waals surface area contributed by atoms with Gasteiger partial charge in [0.1, 0.15) is 16.4 Å². The molecule has 0 unspecified atom stereocenters. The van der Waals surface area contributed by atoms with E-state index in [4.69, 9.17) is 9.97 Å². The molecule has 40 heavy (non-hydrogen) atoms. The molecular formula is C34H22N3OPtS-. The van der Waals surface area contributed by atoms with Crippen LogP contribution in [-0.2, 0) is 21.1 Å². The normalized spacial score (nSPS) is 11.0. The van der Waals surface area contributed by atoms with Gasteiger partial charge >= 0.3 is 0 Å². The topological polar surface area (TPSA) is 50.9 Å². The van der Waals surface area contributed by atoms with Gasteiger partial charge in [0.05, 0.1) is 22.6 Å². The van der Waals surface area contributed by atoms with Crippen LogP contribution in [0.25, 0.3) is 50.1 Å². The molecule has 196 valence electrons. The maximum absolute atomic E-state index is 10.8. The van der Waals surface area contributed by atoms with Gasteiger partial charge in [-0.25, -0.2) is 9.97 Å². The molecule has 4 nitrogen and oxygen atoms in total. The fourth-order valence-corrected chi connectivity index (χ4v) is 5.75. The summed E-state index contributed by atoms with van der Waals surface area (Å²) in [4.78, 5) is 11.2. The third-order valence-corrected chi connectivity index (χ3v) is 7.60. The van der Waals surface area contributed by atoms with Gasteiger partial charge in [-0.1, -0.05) is 77.3 Å². The van der Waals surface area contributed by atoms with Gasteiger partial charge in [0.25, 0.3) is 0 Å². The van der Waals surface area contributed by atoms with Crippen LogP contribution >= 0.6 is 11.8 Å². The van der Waals surface area contributed by atoms with Crippen molar-refractivity contribution in [2.24, 2.45) is 0 Å². The third-order valence-electron chi connectivity index (χ3n) is 6.71. The second-order valence-corrected chi connectivity index (χ2v) is 10.2. The Morgan fingerprint density at radius 3 is 2.25 bits per heavy atom. The standard InChI is InChI=1S/C34H22N3OS.Pt/c38-32-18-10-9-17-31(32)37-30-16-8-7-15-26(30)27-19-20-28(36-34(27)37)29-21-24(23-11-3-1-4-12-23)22-33(35-29)39-25-13-5-2-6-14-25;/h1-13,15-22,38H;/q-1;. The average molecular weight is 716 g/mol. The number of benzene rings is 4. The van der Waals surface area contributed by atoms with Gasteiger partial charge < -0.3 is 5.11 Å². The van der Waals surface area contributed by atoms with Crippen LogP contribution in [0, 0.1) is 6.07 Å². The van der Waals surface area contributed by atoms with Crippen LogP contribution in [0.5, 0.6) is 5.75 Å². The number of pyridine rings is 2. The van der Waals surface area contributed by atoms with Crippen LogP contribution in [0.15, 0.2) is 137 Å². The zero-order chi connectivity index (χ0) is 26.2. The van der Waals surface area contributed by atoms with Crippen molar-refractivity contribution in [2.75, 3.05) is 0 Å². The van der Waals surface area contributed by atoms with E-state index >= 15 is 0 Å². The Morgan fingerprint density at radius 1 is 0.650 bits per heavy atom. The second kappa shape index (κ2) is 11.1. The summed E-state index contributed by atoms with van der Waals surface area (Å²) in [6.45, 7) is 0. The number of phenols is 1. The molecule has 0 aliphatic rings. The molecule has 0 aliphatic carbocycles. The maximum Gasteiger partial charge on any atom is 0.146 e. The molecule has 0 atom stereocenters. The number of rotatable bonds is 5. The molecule has 0 radical (unpaired) electrons. The van der Waals surface area contributed by atoms with Crippen LogP contribution in [0.3, 0.4) is 0 Å². The summed E-state index contributed by atoms with van der Waals surface area (Å²) < 4.78 is 2.03. The first-order valence-electron chi connectivity index (χ1n) is 12.7. The van der Waals surface area contributed by atoms with E-state index in [1.807, 2.05) is 83.4 Å². The summed E-state index contributed by atoms with van der Waals surface area (Å²) in [5.74, 6) is 0.203. The quantitative estimate of drug-likeness (QED) is 0.182. The molecule has 4 aromatic carbocycles. The predicted molar refractivity (Wildman–Crippen MR) is 158 cm³/mol. The molecule has 7 rings (SSSR count). The summed E-state index contributed by atoms with van der Waals surface area (Å²) in [6.07, 6.45) is 0. The van der Waals surface area contributed by atoms with Crippen molar-refractivity contribution in [3.05, 3.63) is 133 Å². The first-order chi connectivity index (χ1) is 19.2. The molecule has 0 spiro atoms. The number of hydrogen-bond donors (Lipinski definition) is 1. The van der Waals surface area contributed by atoms with Crippen LogP contribution in [0.2, 0.25) is 0 Å². The fourth-order valence-electron chi connectivity index (χ4n) is 4.92. The number of aromatic nitrogens is 3. The van der Waals surface area contributed by atoms with Gasteiger partial charge in [-0.15, -0.1) is 0 Å². The van der Waals surface area contributed by atoms with Crippen LogP contribution in [0.1, 0.15) is 0 Å². The Hall–Kier alpha value is -4.18. The van der Waals surface area contributed by atoms with E-state index in [1.165, 1.54) is 0 Å². The Kier molecular flexibility index (Phi) is 7.25. The number of aromatic hydroxyl groups is 1. The molecule has 0 saturated heterocycles. The molecule has 0 amide bonds. The molecule has 7 aromatic rings. The van der Waals surface area contributed by atoms with E-state index < -0.39 is 0 Å². The number of para-hydroxylation sites is 3. The summed E-state index contributed by atoms with van der Waals surface area (Å²) >= 11 is 1.58. The van der Waals surface area contributed by atoms with Crippen molar-refractivity contribution in [1.29, 1.82) is 0 Å². The van der Waals surface area contributed by atoms with Gasteiger partial charge in [-0.3, -0.25) is 4.57 Å². The first-order valence-corrected chi connectivity index (χ1v) is 13.5. The molecule has 0 saturated carbocycles. The number of nitrogens with zero attached hydrogens (tertiary/aromatic N) is 3. The maximum atomic E-state index is 10.8. The number of phenolic OH excluding ortho intramolecular Hbond substituents is 1. The van der Waals surface area contributed by atoms with Crippen LogP contribution in [0.4, 0.5) is 0 Å². The van der Waals surface area contributed by atoms with Gasteiger partial charge in [0.2, 0.25) is 0 Å². The van der Waals surface area contributed by atoms with Gasteiger partial charge in [0, 0.05) is 31.8 Å². The fraction of sp³-hybridized carbons (Fsp3) is 0. The Morgan fingerprint density at radius 2 is 1.43 bits per heavy atom. The van der Waals surface area contributed by atoms with Crippen molar-refractivity contribution in [3.63, 3.8) is 0 Å². The summed E-state index contributed by atoms with van der Waals surface area (Å²) in [5, 5.41) is 13.7. The Labute approximate surface area is 250 Å². The largest absolute Gasteiger partial charge is 0.506 e. The molecule has 0 bridgehead atoms. The van der Waals surface area contributed by atoms with Crippen LogP contribution in [-0.4, -0.2) is 19.6 Å². The minimum Gasteiger partial charge on any atom is -0.506 e. The molecule has 0 aliphatic heterocycles. The van der Waals surface area contributed by atoms with Gasteiger partial charge in [-0.2, -0.15) is 30.3 Å². The average Bonchev–Trinajstić information content (AvgIpc) is 3.32. The van der Waals surface area contributed by atoms with Crippen LogP contribution < -0.4 is 0 Å². The van der Waals surface area contributed by atoms with E-state index in [-0.39, 0.29) is 26.8 Å². The van der Waals surface area contributed by atoms with Crippen molar-refractivity contribution in [2.45, 2.75) is 9.92 Å². The SMILES string of the molecule is Oc1ccccc1-n1c2ccccc2c2ccc(-c3cc(-c4ccccc4)cc(Sc4[c-]cccc4)n3)nc21.[Pt]. The van der Waals surface area contributed by atoms with Crippen molar-refractivity contribution < 1.29 is 26.2 Å². The van der Waals surface area contributed by atoms with E-state index in [0.717, 1.165) is 54.4 Å². The van der Waals surface area contributed by atoms with Gasteiger partial charge in [-0.05, 0) is 53.6 Å². The minimum absolute atomic E-state index is 0. The van der Waals surface area contributed by atoms with Gasteiger partial charge in [0.15, 0.2) is 0 Å². The van der Waals surface area contributed by atoms with E-state index in [0.29, 0.717) is 5.69 Å². The smallest absolute Gasteiger partial charge is 0.146 e. The number of hydrogen-bond acceptors (Lipinski definition) is 4. The molecular weight excluding hydrogens is 694 g/mol. The summed E-state index contributed by atoms with van der Waals surface area (Å²) in [7, 11) is 0. The van der Waals surface area contributed by atoms with Crippen molar-refractivity contribution in [1.82, 2.24) is 14.5 Å². The van der Waals surface area contributed by atoms with E-state index in [9.17, 15) is 5.11 Å². The first kappa shape index (κ1) is 26.1. The van der Waals surface area contributed by atoms with Crippen molar-refractivity contribution in [3.8, 4) is 34.0 Å².